The molecular weight excluding hydrogens is 593 g/mol. The van der Waals surface area contributed by atoms with E-state index < -0.39 is 85.6 Å². The molecule has 7 nitrogen and oxygen atoms in total. The van der Waals surface area contributed by atoms with E-state index in [1.807, 2.05) is 0 Å². The molecule has 2 aliphatic rings. The fraction of sp³-hybridized carbons (Fsp3) is 0.500. The number of alkyl halides is 3. The fourth-order valence-corrected chi connectivity index (χ4v) is 8.39. The van der Waals surface area contributed by atoms with Crippen LogP contribution in [-0.4, -0.2) is 58.7 Å². The largest absolute Gasteiger partial charge is 0.511 e. The number of ether oxygens (including phenoxy) is 2. The van der Waals surface area contributed by atoms with Gasteiger partial charge in [0.15, 0.2) is 16.1 Å². The zero-order chi connectivity index (χ0) is 28.6. The predicted molar refractivity (Wildman–Crippen MR) is 131 cm³/mol. The van der Waals surface area contributed by atoms with Crippen LogP contribution < -0.4 is 0 Å². The van der Waals surface area contributed by atoms with Crippen LogP contribution in [0.5, 0.6) is 0 Å². The van der Waals surface area contributed by atoms with Gasteiger partial charge in [-0.15, -0.1) is 0 Å². The second kappa shape index (κ2) is 11.2. The summed E-state index contributed by atoms with van der Waals surface area (Å²) in [7, 11) is -10.5. The van der Waals surface area contributed by atoms with Crippen LogP contribution in [0.25, 0.3) is 0 Å². The molecule has 2 aromatic carbocycles. The molecule has 4 rings (SSSR count). The van der Waals surface area contributed by atoms with Gasteiger partial charge in [0.1, 0.15) is 16.4 Å². The molecule has 0 radical (unpaired) electrons. The Kier molecular flexibility index (Phi) is 8.66. The number of rotatable bonds is 9. The molecule has 1 saturated heterocycles. The molecule has 0 aromatic heterocycles. The van der Waals surface area contributed by atoms with Crippen LogP contribution in [0.1, 0.15) is 37.7 Å². The maximum absolute atomic E-state index is 15.0. The summed E-state index contributed by atoms with van der Waals surface area (Å²) in [5.74, 6) is -2.07. The first-order valence-electron chi connectivity index (χ1n) is 12.0. The Hall–Kier alpha value is -1.84. The number of nitrogens with zero attached hydrogens (tertiary/aromatic N) is 1. The standard InChI is InChI=1S/C24H25ClF5NO6S2/c25-16-4-7-19(8-5-16)38(32,33)23(20-13-17(26)6-9-21(20)27)14-18(15-23)31(39(34,35)24(28,29)30)10-12-37-22-3-1-2-11-36-22/h4-9,13,18,22H,1-3,10-12,14-15H2/t18-,22?,23+. The summed E-state index contributed by atoms with van der Waals surface area (Å²) in [5, 5.41) is 0.191. The van der Waals surface area contributed by atoms with Gasteiger partial charge in [-0.3, -0.25) is 0 Å². The number of hydrogen-bond donors (Lipinski definition) is 0. The summed E-state index contributed by atoms with van der Waals surface area (Å²) in [6.45, 7) is -0.820. The lowest BCUT2D eigenvalue weighted by atomic mass is 9.74. The first kappa shape index (κ1) is 30.1. The van der Waals surface area contributed by atoms with E-state index in [2.05, 4.69) is 0 Å². The van der Waals surface area contributed by atoms with Crippen molar-refractivity contribution in [2.24, 2.45) is 0 Å². The van der Waals surface area contributed by atoms with E-state index in [4.69, 9.17) is 21.1 Å². The quantitative estimate of drug-likeness (QED) is 0.362. The van der Waals surface area contributed by atoms with Gasteiger partial charge in [0.25, 0.3) is 0 Å². The molecule has 0 amide bonds. The summed E-state index contributed by atoms with van der Waals surface area (Å²) in [6, 6.07) is 5.40. The second-order valence-corrected chi connectivity index (χ2v) is 13.9. The summed E-state index contributed by atoms with van der Waals surface area (Å²) < 4.78 is 131. The lowest BCUT2D eigenvalue weighted by Gasteiger charge is -2.50. The normalized spacial score (nSPS) is 24.5. The van der Waals surface area contributed by atoms with Gasteiger partial charge >= 0.3 is 15.5 Å². The molecule has 1 unspecified atom stereocenters. The molecule has 1 aliphatic heterocycles. The highest BCUT2D eigenvalue weighted by Gasteiger charge is 2.62. The average Bonchev–Trinajstić information content (AvgIpc) is 2.84. The van der Waals surface area contributed by atoms with Crippen LogP contribution in [0, 0.1) is 11.6 Å². The van der Waals surface area contributed by atoms with Gasteiger partial charge < -0.3 is 9.47 Å². The fourth-order valence-electron chi connectivity index (χ4n) is 4.92. The molecule has 1 atom stereocenters. The highest BCUT2D eigenvalue weighted by molar-refractivity contribution is 7.92. The van der Waals surface area contributed by atoms with E-state index >= 15 is 0 Å². The zero-order valence-electron chi connectivity index (χ0n) is 20.3. The van der Waals surface area contributed by atoms with E-state index in [0.29, 0.717) is 25.2 Å². The minimum Gasteiger partial charge on any atom is -0.353 e. The summed E-state index contributed by atoms with van der Waals surface area (Å²) in [4.78, 5) is -0.336. The second-order valence-electron chi connectivity index (χ2n) is 9.37. The third kappa shape index (κ3) is 5.82. The molecular formula is C24H25ClF5NO6S2. The Morgan fingerprint density at radius 2 is 1.69 bits per heavy atom. The summed E-state index contributed by atoms with van der Waals surface area (Å²) in [5.41, 5.74) is -6.30. The van der Waals surface area contributed by atoms with Crippen LogP contribution in [0.2, 0.25) is 5.02 Å². The van der Waals surface area contributed by atoms with Crippen molar-refractivity contribution in [2.75, 3.05) is 19.8 Å². The Balaban J connectivity index is 1.70. The number of hydrogen-bond acceptors (Lipinski definition) is 6. The van der Waals surface area contributed by atoms with Gasteiger partial charge in [-0.2, -0.15) is 17.5 Å². The van der Waals surface area contributed by atoms with Crippen molar-refractivity contribution in [3.8, 4) is 0 Å². The first-order chi connectivity index (χ1) is 18.2. The molecule has 1 heterocycles. The van der Waals surface area contributed by atoms with Crippen molar-refractivity contribution in [1.29, 1.82) is 0 Å². The Labute approximate surface area is 227 Å². The van der Waals surface area contributed by atoms with Gasteiger partial charge in [-0.25, -0.2) is 25.6 Å². The molecule has 2 aromatic rings. The van der Waals surface area contributed by atoms with Gasteiger partial charge in [-0.05, 0) is 74.6 Å². The first-order valence-corrected chi connectivity index (χ1v) is 15.3. The summed E-state index contributed by atoms with van der Waals surface area (Å²) >= 11 is 5.84. The van der Waals surface area contributed by atoms with Gasteiger partial charge in [-0.1, -0.05) is 11.6 Å². The van der Waals surface area contributed by atoms with Gasteiger partial charge in [0, 0.05) is 29.8 Å². The molecule has 216 valence electrons. The van der Waals surface area contributed by atoms with Crippen molar-refractivity contribution < 1.29 is 48.3 Å². The molecule has 1 saturated carbocycles. The minimum atomic E-state index is -5.94. The molecule has 1 aliphatic carbocycles. The third-order valence-corrected chi connectivity index (χ3v) is 11.4. The maximum Gasteiger partial charge on any atom is 0.511 e. The third-order valence-electron chi connectivity index (χ3n) is 6.95. The van der Waals surface area contributed by atoms with E-state index in [0.717, 1.165) is 31.0 Å². The zero-order valence-corrected chi connectivity index (χ0v) is 22.7. The minimum absolute atomic E-state index is 0.128. The Bertz CT molecular complexity index is 1390. The van der Waals surface area contributed by atoms with Crippen LogP contribution in [0.15, 0.2) is 47.4 Å². The molecule has 15 heteroatoms. The lowest BCUT2D eigenvalue weighted by Crippen LogP contribution is -2.60. The monoisotopic (exact) mass is 617 g/mol. The number of benzene rings is 2. The topological polar surface area (TPSA) is 90.0 Å². The highest BCUT2D eigenvalue weighted by Crippen LogP contribution is 2.54. The van der Waals surface area contributed by atoms with Crippen molar-refractivity contribution in [2.45, 2.75) is 59.6 Å². The van der Waals surface area contributed by atoms with Crippen molar-refractivity contribution in [3.05, 3.63) is 64.7 Å². The Morgan fingerprint density at radius 3 is 2.28 bits per heavy atom. The SMILES string of the molecule is O=S(=O)(N(CCOC1CCCCO1)[C@H]1C[C@@](c2cc(F)ccc2F)(S(=O)(=O)c2ccc(Cl)cc2)C1)C(F)(F)F. The van der Waals surface area contributed by atoms with Crippen molar-refractivity contribution >= 4 is 31.5 Å². The molecule has 0 spiro atoms. The molecule has 39 heavy (non-hydrogen) atoms. The number of sulfone groups is 1. The smallest absolute Gasteiger partial charge is 0.353 e. The van der Waals surface area contributed by atoms with Crippen LogP contribution >= 0.6 is 11.6 Å². The van der Waals surface area contributed by atoms with Crippen LogP contribution in [0.4, 0.5) is 22.0 Å². The lowest BCUT2D eigenvalue weighted by molar-refractivity contribution is -0.164. The average molecular weight is 618 g/mol. The maximum atomic E-state index is 15.0. The van der Waals surface area contributed by atoms with Crippen molar-refractivity contribution in [1.82, 2.24) is 4.31 Å². The van der Waals surface area contributed by atoms with E-state index in [-0.39, 0.29) is 14.2 Å². The van der Waals surface area contributed by atoms with Gasteiger partial charge in [0.2, 0.25) is 0 Å². The summed E-state index contributed by atoms with van der Waals surface area (Å²) in [6.07, 6.45) is -0.182. The predicted octanol–water partition coefficient (Wildman–Crippen LogP) is 5.14. The number of halogens is 6. The molecule has 2 fully saturated rings. The molecule has 0 bridgehead atoms. The molecule has 0 N–H and O–H groups in total. The van der Waals surface area contributed by atoms with Crippen molar-refractivity contribution in [3.63, 3.8) is 0 Å². The highest BCUT2D eigenvalue weighted by atomic mass is 35.5. The van der Waals surface area contributed by atoms with E-state index in [1.54, 1.807) is 0 Å². The van der Waals surface area contributed by atoms with Crippen LogP contribution in [-0.2, 0) is 34.1 Å². The number of sulfonamides is 1. The van der Waals surface area contributed by atoms with Gasteiger partial charge in [0.05, 0.1) is 11.5 Å². The van der Waals surface area contributed by atoms with E-state index in [1.165, 1.54) is 12.1 Å². The van der Waals surface area contributed by atoms with Crippen LogP contribution in [0.3, 0.4) is 0 Å². The Morgan fingerprint density at radius 1 is 1.03 bits per heavy atom. The van der Waals surface area contributed by atoms with E-state index in [9.17, 15) is 38.8 Å².